The Morgan fingerprint density at radius 2 is 2.00 bits per heavy atom. The summed E-state index contributed by atoms with van der Waals surface area (Å²) in [5, 5.41) is 4.82. The van der Waals surface area contributed by atoms with Crippen LogP contribution in [0.15, 0.2) is 0 Å². The van der Waals surface area contributed by atoms with Gasteiger partial charge in [0.2, 0.25) is 0 Å². The summed E-state index contributed by atoms with van der Waals surface area (Å²) < 4.78 is 0. The van der Waals surface area contributed by atoms with Gasteiger partial charge in [0.1, 0.15) is 0 Å². The molecule has 0 aromatic carbocycles. The van der Waals surface area contributed by atoms with E-state index in [1.165, 1.54) is 60.8 Å². The molecular weight excluding hydrogens is 278 g/mol. The molecule has 2 rings (SSSR count). The molecular formula is C17H31N3S. The van der Waals surface area contributed by atoms with Gasteiger partial charge in [0.15, 0.2) is 5.13 Å². The zero-order valence-electron chi connectivity index (χ0n) is 14.0. The van der Waals surface area contributed by atoms with Crippen LogP contribution in [0.25, 0.3) is 0 Å². The fraction of sp³-hybridized carbons (Fsp3) is 0.824. The van der Waals surface area contributed by atoms with Crippen LogP contribution < -0.4 is 10.2 Å². The first-order chi connectivity index (χ1) is 10.3. The van der Waals surface area contributed by atoms with Crippen LogP contribution in [-0.2, 0) is 13.0 Å². The molecule has 0 saturated heterocycles. The van der Waals surface area contributed by atoms with Crippen LogP contribution in [0.3, 0.4) is 0 Å². The predicted molar refractivity (Wildman–Crippen MR) is 93.4 cm³/mol. The van der Waals surface area contributed by atoms with Crippen LogP contribution in [-0.4, -0.2) is 24.1 Å². The number of unbranched alkanes of at least 4 members (excludes halogenated alkanes) is 1. The van der Waals surface area contributed by atoms with Gasteiger partial charge < -0.3 is 10.2 Å². The molecule has 1 aliphatic rings. The lowest BCUT2D eigenvalue weighted by atomic mass is 10.2. The van der Waals surface area contributed by atoms with E-state index in [1.54, 1.807) is 0 Å². The first-order valence-corrected chi connectivity index (χ1v) is 9.57. The summed E-state index contributed by atoms with van der Waals surface area (Å²) in [6.45, 7) is 10.0. The highest BCUT2D eigenvalue weighted by Gasteiger charge is 2.31. The van der Waals surface area contributed by atoms with E-state index in [0.29, 0.717) is 0 Å². The molecule has 0 unspecified atom stereocenters. The second kappa shape index (κ2) is 8.74. The number of aryl methyl sites for hydroxylation is 1. The molecule has 0 radical (unpaired) electrons. The number of hydrogen-bond acceptors (Lipinski definition) is 4. The Morgan fingerprint density at radius 1 is 1.19 bits per heavy atom. The maximum atomic E-state index is 5.00. The van der Waals surface area contributed by atoms with E-state index >= 15 is 0 Å². The van der Waals surface area contributed by atoms with Crippen molar-refractivity contribution in [2.45, 2.75) is 78.3 Å². The fourth-order valence-corrected chi connectivity index (χ4v) is 3.76. The lowest BCUT2D eigenvalue weighted by molar-refractivity contribution is 0.674. The molecule has 1 aromatic rings. The van der Waals surface area contributed by atoms with Gasteiger partial charge in [-0.25, -0.2) is 4.98 Å². The molecule has 0 aliphatic heterocycles. The molecule has 3 nitrogen and oxygen atoms in total. The second-order valence-electron chi connectivity index (χ2n) is 6.07. The maximum Gasteiger partial charge on any atom is 0.186 e. The lowest BCUT2D eigenvalue weighted by Gasteiger charge is -2.21. The molecule has 4 heteroatoms. The molecule has 0 amide bonds. The summed E-state index contributed by atoms with van der Waals surface area (Å²) in [5.74, 6) is 0. The molecule has 21 heavy (non-hydrogen) atoms. The minimum Gasteiger partial charge on any atom is -0.345 e. The highest BCUT2D eigenvalue weighted by molar-refractivity contribution is 7.15. The number of rotatable bonds is 11. The van der Waals surface area contributed by atoms with Crippen molar-refractivity contribution in [2.24, 2.45) is 0 Å². The first-order valence-electron chi connectivity index (χ1n) is 8.76. The zero-order chi connectivity index (χ0) is 15.1. The van der Waals surface area contributed by atoms with Crippen molar-refractivity contribution in [3.8, 4) is 0 Å². The van der Waals surface area contributed by atoms with Gasteiger partial charge in [0.25, 0.3) is 0 Å². The third-order valence-electron chi connectivity index (χ3n) is 3.95. The van der Waals surface area contributed by atoms with Crippen LogP contribution in [0.1, 0.15) is 69.9 Å². The van der Waals surface area contributed by atoms with Crippen molar-refractivity contribution in [1.29, 1.82) is 0 Å². The smallest absolute Gasteiger partial charge is 0.186 e. The van der Waals surface area contributed by atoms with Crippen molar-refractivity contribution in [2.75, 3.05) is 18.0 Å². The Labute approximate surface area is 134 Å². The normalized spacial score (nSPS) is 14.6. The van der Waals surface area contributed by atoms with Crippen molar-refractivity contribution < 1.29 is 0 Å². The topological polar surface area (TPSA) is 28.2 Å². The Hall–Kier alpha value is -0.610. The van der Waals surface area contributed by atoms with Gasteiger partial charge in [-0.3, -0.25) is 0 Å². The van der Waals surface area contributed by atoms with E-state index in [-0.39, 0.29) is 0 Å². The van der Waals surface area contributed by atoms with E-state index in [4.69, 9.17) is 4.98 Å². The number of anilines is 1. The van der Waals surface area contributed by atoms with Crippen molar-refractivity contribution >= 4 is 16.5 Å². The van der Waals surface area contributed by atoms with Crippen LogP contribution in [0.4, 0.5) is 5.13 Å². The lowest BCUT2D eigenvalue weighted by Crippen LogP contribution is -2.26. The van der Waals surface area contributed by atoms with Crippen molar-refractivity contribution in [3.63, 3.8) is 0 Å². The number of thiazole rings is 1. The Morgan fingerprint density at radius 3 is 2.62 bits per heavy atom. The van der Waals surface area contributed by atoms with Crippen LogP contribution in [0, 0.1) is 0 Å². The summed E-state index contributed by atoms with van der Waals surface area (Å²) in [4.78, 5) is 9.04. The van der Waals surface area contributed by atoms with Crippen LogP contribution >= 0.6 is 11.3 Å². The average molecular weight is 310 g/mol. The monoisotopic (exact) mass is 309 g/mol. The summed E-state index contributed by atoms with van der Waals surface area (Å²) in [6.07, 6.45) is 8.75. The SMILES string of the molecule is CCCCN(c1nc(CCC)c(CNCCC)s1)C1CC1. The van der Waals surface area contributed by atoms with E-state index in [0.717, 1.165) is 25.6 Å². The van der Waals surface area contributed by atoms with Gasteiger partial charge in [0, 0.05) is 24.0 Å². The predicted octanol–water partition coefficient (Wildman–Crippen LogP) is 4.36. The molecule has 0 bridgehead atoms. The van der Waals surface area contributed by atoms with Gasteiger partial charge in [-0.05, 0) is 38.6 Å². The first kappa shape index (κ1) is 16.8. The Bertz CT molecular complexity index is 412. The standard InChI is InChI=1S/C17H31N3S/c1-4-7-12-20(14-9-10-14)17-19-15(8-5-2)16(21-17)13-18-11-6-3/h14,18H,4-13H2,1-3H3. The van der Waals surface area contributed by atoms with Gasteiger partial charge in [-0.2, -0.15) is 0 Å². The molecule has 1 aromatic heterocycles. The Balaban J connectivity index is 2.07. The number of nitrogens with one attached hydrogen (secondary N) is 1. The molecule has 0 atom stereocenters. The number of nitrogens with zero attached hydrogens (tertiary/aromatic N) is 2. The van der Waals surface area contributed by atoms with Gasteiger partial charge >= 0.3 is 0 Å². The summed E-state index contributed by atoms with van der Waals surface area (Å²) in [7, 11) is 0. The Kier molecular flexibility index (Phi) is 6.97. The van der Waals surface area contributed by atoms with Crippen LogP contribution in [0.2, 0.25) is 0 Å². The largest absolute Gasteiger partial charge is 0.345 e. The second-order valence-corrected chi connectivity index (χ2v) is 7.13. The van der Waals surface area contributed by atoms with Gasteiger partial charge in [-0.1, -0.05) is 33.6 Å². The van der Waals surface area contributed by atoms with E-state index in [2.05, 4.69) is 31.0 Å². The van der Waals surface area contributed by atoms with E-state index in [1.807, 2.05) is 11.3 Å². The highest BCUT2D eigenvalue weighted by atomic mass is 32.1. The molecule has 1 fully saturated rings. The maximum absolute atomic E-state index is 5.00. The van der Waals surface area contributed by atoms with Crippen molar-refractivity contribution in [1.82, 2.24) is 10.3 Å². The summed E-state index contributed by atoms with van der Waals surface area (Å²) in [5.41, 5.74) is 1.34. The zero-order valence-corrected chi connectivity index (χ0v) is 14.8. The highest BCUT2D eigenvalue weighted by Crippen LogP contribution is 2.36. The summed E-state index contributed by atoms with van der Waals surface area (Å²) >= 11 is 1.93. The number of hydrogen-bond donors (Lipinski definition) is 1. The number of aromatic nitrogens is 1. The molecule has 1 aliphatic carbocycles. The quantitative estimate of drug-likeness (QED) is 0.615. The van der Waals surface area contributed by atoms with E-state index < -0.39 is 0 Å². The average Bonchev–Trinajstić information content (AvgIpc) is 3.24. The third-order valence-corrected chi connectivity index (χ3v) is 5.09. The third kappa shape index (κ3) is 4.96. The molecule has 120 valence electrons. The minimum absolute atomic E-state index is 0.772. The van der Waals surface area contributed by atoms with E-state index in [9.17, 15) is 0 Å². The minimum atomic E-state index is 0.772. The van der Waals surface area contributed by atoms with Gasteiger partial charge in [-0.15, -0.1) is 11.3 Å². The van der Waals surface area contributed by atoms with Crippen molar-refractivity contribution in [3.05, 3.63) is 10.6 Å². The molecule has 1 heterocycles. The molecule has 0 spiro atoms. The molecule has 1 saturated carbocycles. The molecule has 1 N–H and O–H groups in total. The fourth-order valence-electron chi connectivity index (χ4n) is 2.59. The summed E-state index contributed by atoms with van der Waals surface area (Å²) in [6, 6.07) is 0.772. The van der Waals surface area contributed by atoms with Crippen LogP contribution in [0.5, 0.6) is 0 Å². The van der Waals surface area contributed by atoms with Gasteiger partial charge in [0.05, 0.1) is 5.69 Å².